The third kappa shape index (κ3) is 4.11. The van der Waals surface area contributed by atoms with Gasteiger partial charge in [0.05, 0.1) is 12.8 Å². The van der Waals surface area contributed by atoms with Gasteiger partial charge in [0.25, 0.3) is 5.91 Å². The molecule has 0 aliphatic carbocycles. The number of carbonyl (C=O) groups is 1. The molecular formula is C17H15ClN4O2. The van der Waals surface area contributed by atoms with Gasteiger partial charge in [0.15, 0.2) is 5.69 Å². The highest BCUT2D eigenvalue weighted by Crippen LogP contribution is 2.16. The van der Waals surface area contributed by atoms with E-state index in [0.717, 1.165) is 5.56 Å². The first-order chi connectivity index (χ1) is 11.7. The molecule has 1 aromatic carbocycles. The minimum Gasteiger partial charge on any atom is -0.467 e. The standard InChI is InChI=1S/C17H15ClN4O2/c18-14-6-2-1-4-12(14)10-19-16-8-7-15(21-22-16)17(23)20-11-13-5-3-9-24-13/h1-9H,10-11H2,(H,19,22)(H,20,23). The minimum atomic E-state index is -0.309. The number of hydrogen-bond donors (Lipinski definition) is 2. The summed E-state index contributed by atoms with van der Waals surface area (Å²) in [6.45, 7) is 0.832. The Labute approximate surface area is 143 Å². The Balaban J connectivity index is 1.55. The average molecular weight is 343 g/mol. The highest BCUT2D eigenvalue weighted by molar-refractivity contribution is 6.31. The largest absolute Gasteiger partial charge is 0.467 e. The maximum atomic E-state index is 12.0. The molecule has 3 aromatic rings. The lowest BCUT2D eigenvalue weighted by Crippen LogP contribution is -2.24. The van der Waals surface area contributed by atoms with Crippen LogP contribution in [0.5, 0.6) is 0 Å². The number of anilines is 1. The second-order valence-electron chi connectivity index (χ2n) is 5.01. The quantitative estimate of drug-likeness (QED) is 0.718. The summed E-state index contributed by atoms with van der Waals surface area (Å²) < 4.78 is 5.15. The number of hydrogen-bond acceptors (Lipinski definition) is 5. The first kappa shape index (κ1) is 16.0. The van der Waals surface area contributed by atoms with Crippen molar-refractivity contribution in [2.75, 3.05) is 5.32 Å². The fourth-order valence-corrected chi connectivity index (χ4v) is 2.25. The maximum Gasteiger partial charge on any atom is 0.272 e. The van der Waals surface area contributed by atoms with Crippen molar-refractivity contribution in [1.82, 2.24) is 15.5 Å². The molecule has 0 saturated heterocycles. The van der Waals surface area contributed by atoms with Gasteiger partial charge < -0.3 is 15.1 Å². The third-order valence-corrected chi connectivity index (χ3v) is 3.69. The van der Waals surface area contributed by atoms with Gasteiger partial charge in [-0.05, 0) is 35.9 Å². The third-order valence-electron chi connectivity index (χ3n) is 3.32. The van der Waals surface area contributed by atoms with Crippen LogP contribution >= 0.6 is 11.6 Å². The fraction of sp³-hybridized carbons (Fsp3) is 0.118. The van der Waals surface area contributed by atoms with Crippen LogP contribution in [0.2, 0.25) is 5.02 Å². The molecule has 0 spiro atoms. The summed E-state index contributed by atoms with van der Waals surface area (Å²) in [4.78, 5) is 12.0. The van der Waals surface area contributed by atoms with Crippen LogP contribution < -0.4 is 10.6 Å². The van der Waals surface area contributed by atoms with Crippen LogP contribution in [0.3, 0.4) is 0 Å². The summed E-state index contributed by atoms with van der Waals surface area (Å²) >= 11 is 6.10. The molecule has 0 aliphatic heterocycles. The lowest BCUT2D eigenvalue weighted by Gasteiger charge is -2.07. The molecule has 0 fully saturated rings. The van der Waals surface area contributed by atoms with Crippen LogP contribution in [0.15, 0.2) is 59.2 Å². The molecule has 3 rings (SSSR count). The van der Waals surface area contributed by atoms with Gasteiger partial charge in [0, 0.05) is 11.6 Å². The van der Waals surface area contributed by atoms with Crippen molar-refractivity contribution >= 4 is 23.3 Å². The summed E-state index contributed by atoms with van der Waals surface area (Å²) in [5.41, 5.74) is 1.20. The number of carbonyl (C=O) groups excluding carboxylic acids is 1. The van der Waals surface area contributed by atoms with E-state index in [2.05, 4.69) is 20.8 Å². The number of rotatable bonds is 6. The van der Waals surface area contributed by atoms with Gasteiger partial charge in [-0.25, -0.2) is 0 Å². The average Bonchev–Trinajstić information content (AvgIpc) is 3.13. The Bertz CT molecular complexity index is 804. The summed E-state index contributed by atoms with van der Waals surface area (Å²) in [6, 6.07) is 14.4. The first-order valence-electron chi connectivity index (χ1n) is 7.34. The van der Waals surface area contributed by atoms with Crippen LogP contribution in [0.4, 0.5) is 5.82 Å². The molecule has 2 aromatic heterocycles. The molecule has 24 heavy (non-hydrogen) atoms. The topological polar surface area (TPSA) is 80.0 Å². The zero-order valence-electron chi connectivity index (χ0n) is 12.7. The van der Waals surface area contributed by atoms with Gasteiger partial charge in [-0.15, -0.1) is 10.2 Å². The lowest BCUT2D eigenvalue weighted by atomic mass is 10.2. The minimum absolute atomic E-state index is 0.241. The van der Waals surface area contributed by atoms with Gasteiger partial charge in [-0.1, -0.05) is 29.8 Å². The van der Waals surface area contributed by atoms with E-state index < -0.39 is 0 Å². The van der Waals surface area contributed by atoms with Gasteiger partial charge >= 0.3 is 0 Å². The maximum absolute atomic E-state index is 12.0. The fourth-order valence-electron chi connectivity index (χ4n) is 2.05. The van der Waals surface area contributed by atoms with E-state index >= 15 is 0 Å². The normalized spacial score (nSPS) is 10.4. The number of nitrogens with zero attached hydrogens (tertiary/aromatic N) is 2. The number of benzene rings is 1. The molecule has 122 valence electrons. The molecule has 7 heteroatoms. The van der Waals surface area contributed by atoms with Crippen molar-refractivity contribution in [2.45, 2.75) is 13.1 Å². The second-order valence-corrected chi connectivity index (χ2v) is 5.42. The van der Waals surface area contributed by atoms with E-state index in [1.54, 1.807) is 30.5 Å². The van der Waals surface area contributed by atoms with Gasteiger partial charge in [-0.3, -0.25) is 4.79 Å². The highest BCUT2D eigenvalue weighted by atomic mass is 35.5. The molecule has 0 bridgehead atoms. The summed E-state index contributed by atoms with van der Waals surface area (Å²) in [5.74, 6) is 0.934. The predicted molar refractivity (Wildman–Crippen MR) is 90.7 cm³/mol. The molecule has 1 amide bonds. The zero-order chi connectivity index (χ0) is 16.8. The van der Waals surface area contributed by atoms with Crippen molar-refractivity contribution in [2.24, 2.45) is 0 Å². The number of halogens is 1. The van der Waals surface area contributed by atoms with E-state index in [0.29, 0.717) is 29.7 Å². The van der Waals surface area contributed by atoms with Gasteiger partial charge in [0.1, 0.15) is 11.6 Å². The summed E-state index contributed by atoms with van der Waals surface area (Å²) in [7, 11) is 0. The highest BCUT2D eigenvalue weighted by Gasteiger charge is 2.09. The number of furan rings is 1. The van der Waals surface area contributed by atoms with E-state index in [1.165, 1.54) is 0 Å². The predicted octanol–water partition coefficient (Wildman–Crippen LogP) is 3.27. The lowest BCUT2D eigenvalue weighted by molar-refractivity contribution is 0.0942. The van der Waals surface area contributed by atoms with Gasteiger partial charge in [0.2, 0.25) is 0 Å². The van der Waals surface area contributed by atoms with Crippen LogP contribution in [-0.2, 0) is 13.1 Å². The molecule has 0 radical (unpaired) electrons. The van der Waals surface area contributed by atoms with E-state index in [1.807, 2.05) is 24.3 Å². The van der Waals surface area contributed by atoms with Crippen LogP contribution in [0, 0.1) is 0 Å². The van der Waals surface area contributed by atoms with E-state index in [-0.39, 0.29) is 11.6 Å². The molecule has 6 nitrogen and oxygen atoms in total. The Kier molecular flexibility index (Phi) is 5.08. The van der Waals surface area contributed by atoms with Crippen molar-refractivity contribution in [3.8, 4) is 0 Å². The summed E-state index contributed by atoms with van der Waals surface area (Å²) in [5, 5.41) is 14.4. The SMILES string of the molecule is O=C(NCc1ccco1)c1ccc(NCc2ccccc2Cl)nn1. The molecule has 0 saturated carbocycles. The Morgan fingerprint density at radius 2 is 1.92 bits per heavy atom. The first-order valence-corrected chi connectivity index (χ1v) is 7.72. The summed E-state index contributed by atoms with van der Waals surface area (Å²) in [6.07, 6.45) is 1.56. The molecule has 2 heterocycles. The van der Waals surface area contributed by atoms with Crippen LogP contribution in [0.25, 0.3) is 0 Å². The van der Waals surface area contributed by atoms with E-state index in [4.69, 9.17) is 16.0 Å². The Morgan fingerprint density at radius 1 is 1.04 bits per heavy atom. The second kappa shape index (κ2) is 7.61. The molecular weight excluding hydrogens is 328 g/mol. The van der Waals surface area contributed by atoms with Crippen molar-refractivity contribution in [3.05, 3.63) is 76.8 Å². The van der Waals surface area contributed by atoms with E-state index in [9.17, 15) is 4.79 Å². The van der Waals surface area contributed by atoms with Crippen molar-refractivity contribution in [3.63, 3.8) is 0 Å². The molecule has 0 aliphatic rings. The Morgan fingerprint density at radius 3 is 2.62 bits per heavy atom. The Hall–Kier alpha value is -2.86. The number of aromatic nitrogens is 2. The smallest absolute Gasteiger partial charge is 0.272 e. The number of amides is 1. The molecule has 0 unspecified atom stereocenters. The zero-order valence-corrected chi connectivity index (χ0v) is 13.5. The van der Waals surface area contributed by atoms with Gasteiger partial charge in [-0.2, -0.15) is 0 Å². The number of nitrogens with one attached hydrogen (secondary N) is 2. The molecule has 0 atom stereocenters. The monoisotopic (exact) mass is 342 g/mol. The van der Waals surface area contributed by atoms with Crippen LogP contribution in [0.1, 0.15) is 21.8 Å². The molecule has 2 N–H and O–H groups in total. The van der Waals surface area contributed by atoms with Crippen molar-refractivity contribution in [1.29, 1.82) is 0 Å². The van der Waals surface area contributed by atoms with Crippen LogP contribution in [-0.4, -0.2) is 16.1 Å². The van der Waals surface area contributed by atoms with Crippen molar-refractivity contribution < 1.29 is 9.21 Å².